The van der Waals surface area contributed by atoms with Gasteiger partial charge in [0.05, 0.1) is 13.7 Å². The predicted octanol–water partition coefficient (Wildman–Crippen LogP) is 4.11. The Morgan fingerprint density at radius 1 is 1.34 bits per heavy atom. The van der Waals surface area contributed by atoms with E-state index in [2.05, 4.69) is 15.3 Å². The van der Waals surface area contributed by atoms with Crippen LogP contribution in [0.25, 0.3) is 0 Å². The molecule has 2 heterocycles. The lowest BCUT2D eigenvalue weighted by molar-refractivity contribution is 0.0456. The van der Waals surface area contributed by atoms with Gasteiger partial charge in [-0.3, -0.25) is 0 Å². The van der Waals surface area contributed by atoms with Gasteiger partial charge < -0.3 is 24.8 Å². The van der Waals surface area contributed by atoms with Crippen molar-refractivity contribution in [3.8, 4) is 6.01 Å². The molecule has 1 aromatic carbocycles. The van der Waals surface area contributed by atoms with Gasteiger partial charge in [0.15, 0.2) is 0 Å². The van der Waals surface area contributed by atoms with E-state index in [0.717, 1.165) is 18.5 Å². The Morgan fingerprint density at radius 2 is 2.17 bits per heavy atom. The minimum Gasteiger partial charge on any atom is -0.467 e. The van der Waals surface area contributed by atoms with E-state index in [0.29, 0.717) is 47.6 Å². The van der Waals surface area contributed by atoms with E-state index in [1.165, 1.54) is 7.11 Å². The van der Waals surface area contributed by atoms with Crippen LogP contribution in [0.1, 0.15) is 18.4 Å². The smallest absolute Gasteiger partial charge is 0.467 e. The molecule has 0 bridgehead atoms. The first-order valence-electron chi connectivity index (χ1n) is 9.20. The molecule has 10 heteroatoms. The van der Waals surface area contributed by atoms with Gasteiger partial charge in [0.1, 0.15) is 17.7 Å². The van der Waals surface area contributed by atoms with Crippen LogP contribution in [0.15, 0.2) is 24.3 Å². The van der Waals surface area contributed by atoms with Crippen molar-refractivity contribution in [2.45, 2.75) is 25.4 Å². The van der Waals surface area contributed by atoms with Gasteiger partial charge in [0.2, 0.25) is 0 Å². The van der Waals surface area contributed by atoms with E-state index in [9.17, 15) is 4.79 Å². The monoisotopic (exact) mass is 440 g/mol. The van der Waals surface area contributed by atoms with Crippen LogP contribution in [-0.4, -0.2) is 54.1 Å². The van der Waals surface area contributed by atoms with E-state index in [1.54, 1.807) is 12.1 Å². The number of aromatic nitrogens is 2. The van der Waals surface area contributed by atoms with Crippen molar-refractivity contribution in [2.24, 2.45) is 0 Å². The average Bonchev–Trinajstić information content (AvgIpc) is 2.69. The summed E-state index contributed by atoms with van der Waals surface area (Å²) in [6, 6.07) is 7.47. The Morgan fingerprint density at radius 3 is 2.90 bits per heavy atom. The van der Waals surface area contributed by atoms with Crippen molar-refractivity contribution in [1.29, 1.82) is 0 Å². The maximum atomic E-state index is 10.8. The molecule has 3 rings (SSSR count). The van der Waals surface area contributed by atoms with E-state index in [1.807, 2.05) is 17.0 Å². The molecule has 0 amide bonds. The minimum atomic E-state index is -1.26. The van der Waals surface area contributed by atoms with Crippen LogP contribution >= 0.6 is 23.2 Å². The van der Waals surface area contributed by atoms with Crippen molar-refractivity contribution in [2.75, 3.05) is 37.0 Å². The summed E-state index contributed by atoms with van der Waals surface area (Å²) in [4.78, 5) is 21.5. The van der Waals surface area contributed by atoms with Gasteiger partial charge in [0.25, 0.3) is 0 Å². The summed E-state index contributed by atoms with van der Waals surface area (Å²) in [5.74, 6) is 1.26. The number of rotatable bonds is 7. The Bertz CT molecular complexity index is 868. The third-order valence-electron chi connectivity index (χ3n) is 4.56. The van der Waals surface area contributed by atoms with Crippen LogP contribution in [0, 0.1) is 0 Å². The molecule has 0 aliphatic carbocycles. The van der Waals surface area contributed by atoms with Crippen LogP contribution in [-0.2, 0) is 11.2 Å². The van der Waals surface area contributed by atoms with Crippen LogP contribution in [0.3, 0.4) is 0 Å². The normalized spacial score (nSPS) is 16.4. The number of ether oxygens (including phenoxy) is 2. The Labute approximate surface area is 178 Å². The number of methoxy groups -OCH3 is 1. The lowest BCUT2D eigenvalue weighted by Gasteiger charge is -2.32. The summed E-state index contributed by atoms with van der Waals surface area (Å²) in [7, 11) is 1.50. The van der Waals surface area contributed by atoms with Gasteiger partial charge in [-0.25, -0.2) is 4.79 Å². The largest absolute Gasteiger partial charge is 0.506 e. The first kappa shape index (κ1) is 21.3. The molecule has 0 saturated carbocycles. The summed E-state index contributed by atoms with van der Waals surface area (Å²) in [6.45, 7) is 1.79. The molecule has 1 aliphatic rings. The van der Waals surface area contributed by atoms with Gasteiger partial charge >= 0.3 is 12.2 Å². The maximum Gasteiger partial charge on any atom is 0.506 e. The number of halogens is 2. The van der Waals surface area contributed by atoms with E-state index >= 15 is 0 Å². The molecule has 1 aromatic heterocycles. The number of piperidine rings is 1. The molecule has 1 saturated heterocycles. The molecular formula is C19H22Cl2N4O4. The van der Waals surface area contributed by atoms with Crippen LogP contribution in [0.2, 0.25) is 10.0 Å². The number of benzene rings is 1. The maximum absolute atomic E-state index is 10.8. The molecule has 0 spiro atoms. The van der Waals surface area contributed by atoms with Crippen LogP contribution in [0.4, 0.5) is 16.4 Å². The van der Waals surface area contributed by atoms with E-state index in [4.69, 9.17) is 37.8 Å². The molecule has 0 radical (unpaired) electrons. The van der Waals surface area contributed by atoms with Gasteiger partial charge in [-0.1, -0.05) is 29.3 Å². The van der Waals surface area contributed by atoms with Crippen molar-refractivity contribution in [3.63, 3.8) is 0 Å². The fourth-order valence-corrected chi connectivity index (χ4v) is 3.69. The van der Waals surface area contributed by atoms with Gasteiger partial charge in [-0.15, -0.1) is 0 Å². The first-order valence-corrected chi connectivity index (χ1v) is 9.95. The van der Waals surface area contributed by atoms with Gasteiger partial charge in [-0.2, -0.15) is 9.97 Å². The van der Waals surface area contributed by atoms with E-state index < -0.39 is 6.16 Å². The lowest BCUT2D eigenvalue weighted by Crippen LogP contribution is -2.41. The fraction of sp³-hybridized carbons (Fsp3) is 0.421. The highest BCUT2D eigenvalue weighted by atomic mass is 35.5. The molecule has 1 atom stereocenters. The molecule has 2 aromatic rings. The number of anilines is 2. The second-order valence-corrected chi connectivity index (χ2v) is 7.45. The highest BCUT2D eigenvalue weighted by molar-refractivity contribution is 6.35. The second kappa shape index (κ2) is 9.84. The molecule has 29 heavy (non-hydrogen) atoms. The number of nitrogens with one attached hydrogen (secondary N) is 1. The number of hydrogen-bond acceptors (Lipinski definition) is 7. The average molecular weight is 441 g/mol. The molecule has 2 N–H and O–H groups in total. The third-order valence-corrected chi connectivity index (χ3v) is 5.15. The van der Waals surface area contributed by atoms with Crippen LogP contribution < -0.4 is 15.0 Å². The van der Waals surface area contributed by atoms with Crippen molar-refractivity contribution >= 4 is 41.0 Å². The highest BCUT2D eigenvalue weighted by Crippen LogP contribution is 2.25. The molecule has 1 fully saturated rings. The van der Waals surface area contributed by atoms with E-state index in [-0.39, 0.29) is 12.1 Å². The highest BCUT2D eigenvalue weighted by Gasteiger charge is 2.24. The Balaban J connectivity index is 1.67. The van der Waals surface area contributed by atoms with Gasteiger partial charge in [-0.05, 0) is 37.0 Å². The van der Waals surface area contributed by atoms with Gasteiger partial charge in [0, 0.05) is 29.2 Å². The number of nitrogens with zero attached hydrogens (tertiary/aromatic N) is 3. The van der Waals surface area contributed by atoms with Crippen LogP contribution in [0.5, 0.6) is 6.01 Å². The lowest BCUT2D eigenvalue weighted by atomic mass is 10.1. The molecule has 8 nitrogen and oxygen atoms in total. The number of carboxylic acid groups (broad SMARTS) is 1. The molecule has 1 unspecified atom stereocenters. The number of carbonyl (C=O) groups is 1. The predicted molar refractivity (Wildman–Crippen MR) is 112 cm³/mol. The zero-order valence-corrected chi connectivity index (χ0v) is 17.4. The quantitative estimate of drug-likeness (QED) is 0.620. The first-order chi connectivity index (χ1) is 13.9. The molecule has 156 valence electrons. The van der Waals surface area contributed by atoms with Crippen molar-refractivity contribution < 1.29 is 19.4 Å². The van der Waals surface area contributed by atoms with Crippen molar-refractivity contribution in [1.82, 2.24) is 9.97 Å². The standard InChI is InChI=1S/C19H22Cl2N4O4/c1-28-18-23-16(22-7-6-12-4-5-13(20)9-15(12)21)10-17(24-18)25-8-2-3-14(11-25)29-19(26)27/h4-5,9-10,14H,2-3,6-8,11H2,1H3,(H,26,27)(H,22,23,24). The third kappa shape index (κ3) is 6.01. The Kier molecular flexibility index (Phi) is 7.22. The SMILES string of the molecule is COc1nc(NCCc2ccc(Cl)cc2Cl)cc(N2CCCC(OC(=O)O)C2)n1. The summed E-state index contributed by atoms with van der Waals surface area (Å²) >= 11 is 12.1. The summed E-state index contributed by atoms with van der Waals surface area (Å²) in [6.07, 6.45) is 0.543. The Hall–Kier alpha value is -2.45. The summed E-state index contributed by atoms with van der Waals surface area (Å²) < 4.78 is 10.2. The minimum absolute atomic E-state index is 0.232. The zero-order chi connectivity index (χ0) is 20.8. The topological polar surface area (TPSA) is 96.8 Å². The molecular weight excluding hydrogens is 419 g/mol. The summed E-state index contributed by atoms with van der Waals surface area (Å²) in [5, 5.41) is 13.3. The molecule has 1 aliphatic heterocycles. The fourth-order valence-electron chi connectivity index (χ4n) is 3.19. The summed E-state index contributed by atoms with van der Waals surface area (Å²) in [5.41, 5.74) is 0.981. The zero-order valence-electron chi connectivity index (χ0n) is 15.9. The number of hydrogen-bond donors (Lipinski definition) is 2. The van der Waals surface area contributed by atoms with Crippen molar-refractivity contribution in [3.05, 3.63) is 39.9 Å². The second-order valence-electron chi connectivity index (χ2n) is 6.60.